The molecule has 0 aliphatic carbocycles. The van der Waals surface area contributed by atoms with Crippen LogP contribution < -0.4 is 10.6 Å². The second-order valence-corrected chi connectivity index (χ2v) is 16.1. The van der Waals surface area contributed by atoms with E-state index < -0.39 is 18.2 Å². The second-order valence-electron chi connectivity index (χ2n) is 14.3. The molecule has 12 nitrogen and oxygen atoms in total. The van der Waals surface area contributed by atoms with Gasteiger partial charge in [-0.25, -0.2) is 14.6 Å². The predicted molar refractivity (Wildman–Crippen MR) is 214 cm³/mol. The van der Waals surface area contributed by atoms with Crippen molar-refractivity contribution in [3.05, 3.63) is 104 Å². The molecule has 1 fully saturated rings. The molecule has 294 valence electrons. The first-order chi connectivity index (χ1) is 26.6. The number of morpholine rings is 1. The number of alkyl carbamates (subject to hydrolysis) is 1. The molecule has 0 bridgehead atoms. The fourth-order valence-electron chi connectivity index (χ4n) is 6.47. The number of Topliss-reactive ketones (excluding diaryl/α,β-unsaturated/α-hetero) is 1. The van der Waals surface area contributed by atoms with E-state index in [4.69, 9.17) is 9.47 Å². The van der Waals surface area contributed by atoms with Crippen molar-refractivity contribution < 1.29 is 28.7 Å². The van der Waals surface area contributed by atoms with Crippen LogP contribution >= 0.6 is 22.7 Å². The molecule has 55 heavy (non-hydrogen) atoms. The summed E-state index contributed by atoms with van der Waals surface area (Å²) in [4.78, 5) is 67.2. The highest BCUT2D eigenvalue weighted by Crippen LogP contribution is 2.23. The minimum Gasteiger partial charge on any atom is -0.444 e. The third kappa shape index (κ3) is 13.9. The highest BCUT2D eigenvalue weighted by Gasteiger charge is 2.30. The van der Waals surface area contributed by atoms with Gasteiger partial charge in [0.15, 0.2) is 5.78 Å². The number of ketones is 1. The number of benzene rings is 2. The number of nitrogens with zero attached hydrogens (tertiary/aromatic N) is 4. The lowest BCUT2D eigenvalue weighted by atomic mass is 9.86. The third-order valence-electron chi connectivity index (χ3n) is 9.49. The van der Waals surface area contributed by atoms with Crippen LogP contribution in [0.2, 0.25) is 0 Å². The van der Waals surface area contributed by atoms with Crippen LogP contribution in [-0.2, 0) is 45.1 Å². The molecule has 1 saturated heterocycles. The van der Waals surface area contributed by atoms with E-state index in [0.717, 1.165) is 26.7 Å². The first kappa shape index (κ1) is 41.5. The molecule has 2 aromatic carbocycles. The molecule has 0 radical (unpaired) electrons. The molecule has 2 N–H and O–H groups in total. The molecule has 0 unspecified atom stereocenters. The zero-order chi connectivity index (χ0) is 39.0. The summed E-state index contributed by atoms with van der Waals surface area (Å²) in [6.45, 7) is 6.30. The topological polar surface area (TPSA) is 143 Å². The standard InChI is InChI=1S/C41H52N6O6S2/c1-29(2)39-43-34(27-54-39)25-46(3)40(50)45-36(23-38(49)47-16-18-52-19-17-47)37(48)22-32(20-30-10-6-4-7-11-30)14-15-33(21-31-12-8-5-9-13-31)44-41(51)53-26-35-24-42-28-55-35/h4-13,24,27-29,32-33,36H,14-23,25-26H2,1-3H3,(H,44,51)(H,45,50)/t32-,33-,36+/m1/s1. The maximum atomic E-state index is 14.3. The summed E-state index contributed by atoms with van der Waals surface area (Å²) in [6.07, 6.45) is 3.53. The number of amides is 4. The van der Waals surface area contributed by atoms with Crippen LogP contribution in [0.1, 0.15) is 72.2 Å². The fraction of sp³-hybridized carbons (Fsp3) is 0.463. The molecule has 14 heteroatoms. The Hall–Kier alpha value is -4.66. The Bertz CT molecular complexity index is 1780. The number of ether oxygens (including phenoxy) is 2. The Morgan fingerprint density at radius 1 is 0.909 bits per heavy atom. The van der Waals surface area contributed by atoms with Gasteiger partial charge in [0.2, 0.25) is 5.91 Å². The van der Waals surface area contributed by atoms with Gasteiger partial charge in [-0.05, 0) is 42.7 Å². The van der Waals surface area contributed by atoms with Crippen molar-refractivity contribution in [1.29, 1.82) is 0 Å². The molecule has 1 aliphatic rings. The minimum absolute atomic E-state index is 0.133. The van der Waals surface area contributed by atoms with E-state index in [1.165, 1.54) is 16.2 Å². The number of carbonyl (C=O) groups is 4. The van der Waals surface area contributed by atoms with E-state index in [1.807, 2.05) is 66.0 Å². The summed E-state index contributed by atoms with van der Waals surface area (Å²) < 4.78 is 11.0. The van der Waals surface area contributed by atoms with Crippen LogP contribution in [0.25, 0.3) is 0 Å². The molecule has 5 rings (SSSR count). The summed E-state index contributed by atoms with van der Waals surface area (Å²) in [6, 6.07) is 18.2. The molecule has 4 amide bonds. The van der Waals surface area contributed by atoms with E-state index >= 15 is 0 Å². The van der Waals surface area contributed by atoms with E-state index in [2.05, 4.69) is 34.4 Å². The normalized spacial score (nSPS) is 14.5. The zero-order valence-corrected chi connectivity index (χ0v) is 33.5. The van der Waals surface area contributed by atoms with E-state index in [9.17, 15) is 19.2 Å². The van der Waals surface area contributed by atoms with Gasteiger partial charge in [-0.1, -0.05) is 74.5 Å². The van der Waals surface area contributed by atoms with Crippen LogP contribution in [0, 0.1) is 5.92 Å². The van der Waals surface area contributed by atoms with Crippen LogP contribution in [0.5, 0.6) is 0 Å². The first-order valence-corrected chi connectivity index (χ1v) is 20.6. The van der Waals surface area contributed by atoms with Crippen LogP contribution in [0.3, 0.4) is 0 Å². The van der Waals surface area contributed by atoms with Crippen molar-refractivity contribution in [2.24, 2.45) is 5.92 Å². The Morgan fingerprint density at radius 3 is 2.24 bits per heavy atom. The molecule has 4 aromatic rings. The Balaban J connectivity index is 1.30. The Morgan fingerprint density at radius 2 is 1.60 bits per heavy atom. The van der Waals surface area contributed by atoms with Crippen LogP contribution in [-0.4, -0.2) is 89.0 Å². The number of aromatic nitrogens is 2. The molecule has 0 spiro atoms. The average molecular weight is 789 g/mol. The number of thiazole rings is 2. The van der Waals surface area contributed by atoms with Crippen LogP contribution in [0.15, 0.2) is 77.8 Å². The van der Waals surface area contributed by atoms with Gasteiger partial charge in [0.25, 0.3) is 0 Å². The molecule has 1 aliphatic heterocycles. The first-order valence-electron chi connectivity index (χ1n) is 18.9. The largest absolute Gasteiger partial charge is 0.444 e. The summed E-state index contributed by atoms with van der Waals surface area (Å²) in [5, 5.41) is 8.91. The molecule has 0 saturated carbocycles. The van der Waals surface area contributed by atoms with Gasteiger partial charge in [-0.3, -0.25) is 14.6 Å². The lowest BCUT2D eigenvalue weighted by Gasteiger charge is -2.30. The molecule has 2 aromatic heterocycles. The van der Waals surface area contributed by atoms with Crippen molar-refractivity contribution in [3.63, 3.8) is 0 Å². The van der Waals surface area contributed by atoms with Crippen molar-refractivity contribution in [1.82, 2.24) is 30.4 Å². The van der Waals surface area contributed by atoms with Gasteiger partial charge < -0.3 is 29.9 Å². The van der Waals surface area contributed by atoms with Crippen molar-refractivity contribution >= 4 is 46.5 Å². The maximum Gasteiger partial charge on any atom is 0.407 e. The van der Waals surface area contributed by atoms with Gasteiger partial charge in [0.05, 0.1) is 53.3 Å². The third-order valence-corrected chi connectivity index (χ3v) is 11.4. The van der Waals surface area contributed by atoms with Gasteiger partial charge in [0.1, 0.15) is 6.61 Å². The van der Waals surface area contributed by atoms with Crippen LogP contribution in [0.4, 0.5) is 9.59 Å². The van der Waals surface area contributed by atoms with Crippen molar-refractivity contribution in [3.8, 4) is 0 Å². The average Bonchev–Trinajstić information content (AvgIpc) is 3.90. The van der Waals surface area contributed by atoms with E-state index in [-0.39, 0.29) is 55.6 Å². The summed E-state index contributed by atoms with van der Waals surface area (Å²) >= 11 is 2.98. The Kier molecular flexibility index (Phi) is 16.2. The molecular weight excluding hydrogens is 737 g/mol. The molecular formula is C41H52N6O6S2. The number of hydrogen-bond acceptors (Lipinski definition) is 10. The summed E-state index contributed by atoms with van der Waals surface area (Å²) in [7, 11) is 1.66. The van der Waals surface area contributed by atoms with Crippen molar-refractivity contribution in [2.75, 3.05) is 33.4 Å². The predicted octanol–water partition coefficient (Wildman–Crippen LogP) is 6.62. The van der Waals surface area contributed by atoms with E-state index in [1.54, 1.807) is 35.0 Å². The molecule has 3 atom stereocenters. The fourth-order valence-corrected chi connectivity index (χ4v) is 7.80. The van der Waals surface area contributed by atoms with E-state index in [0.29, 0.717) is 52.0 Å². The lowest BCUT2D eigenvalue weighted by Crippen LogP contribution is -2.50. The minimum atomic E-state index is -1.02. The second kappa shape index (κ2) is 21.4. The highest BCUT2D eigenvalue weighted by atomic mass is 32.1. The number of nitrogens with one attached hydrogen (secondary N) is 2. The number of hydrogen-bond donors (Lipinski definition) is 2. The smallest absolute Gasteiger partial charge is 0.407 e. The lowest BCUT2D eigenvalue weighted by molar-refractivity contribution is -0.137. The summed E-state index contributed by atoms with van der Waals surface area (Å²) in [5.74, 6) is -0.267. The van der Waals surface area contributed by atoms with Gasteiger partial charge in [0, 0.05) is 50.1 Å². The number of urea groups is 1. The van der Waals surface area contributed by atoms with Gasteiger partial charge >= 0.3 is 12.1 Å². The highest BCUT2D eigenvalue weighted by molar-refractivity contribution is 7.09. The monoisotopic (exact) mass is 788 g/mol. The quantitative estimate of drug-likeness (QED) is 0.108. The SMILES string of the molecule is CC(C)c1nc(CN(C)C(=O)N[C@@H](CC(=O)N2CCOCC2)C(=O)C[C@H](CC[C@H](Cc2ccccc2)NC(=O)OCc2cncs2)Cc2ccccc2)cs1. The van der Waals surface area contributed by atoms with Gasteiger partial charge in [-0.2, -0.15) is 0 Å². The Labute approximate surface area is 331 Å². The maximum absolute atomic E-state index is 14.3. The zero-order valence-electron chi connectivity index (χ0n) is 31.9. The van der Waals surface area contributed by atoms with Crippen molar-refractivity contribution in [2.45, 2.75) is 83.5 Å². The number of rotatable bonds is 19. The summed E-state index contributed by atoms with van der Waals surface area (Å²) in [5.41, 5.74) is 4.61. The molecule has 3 heterocycles. The van der Waals surface area contributed by atoms with Gasteiger partial charge in [-0.15, -0.1) is 22.7 Å². The number of carbonyl (C=O) groups excluding carboxylic acids is 4.